The Morgan fingerprint density at radius 2 is 1.95 bits per heavy atom. The van der Waals surface area contributed by atoms with Crippen LogP contribution < -0.4 is 5.32 Å². The van der Waals surface area contributed by atoms with Crippen molar-refractivity contribution in [2.24, 2.45) is 0 Å². The minimum atomic E-state index is -3.13. The summed E-state index contributed by atoms with van der Waals surface area (Å²) >= 11 is 0. The summed E-state index contributed by atoms with van der Waals surface area (Å²) in [6.45, 7) is 4.42. The highest BCUT2D eigenvalue weighted by Crippen LogP contribution is 2.27. The van der Waals surface area contributed by atoms with Crippen LogP contribution in [0.2, 0.25) is 0 Å². The zero-order valence-electron chi connectivity index (χ0n) is 12.0. The maximum Gasteiger partial charge on any atom is 0.151 e. The van der Waals surface area contributed by atoms with E-state index in [-0.39, 0.29) is 6.04 Å². The number of rotatable bonds is 5. The first kappa shape index (κ1) is 14.9. The van der Waals surface area contributed by atoms with Gasteiger partial charge in [-0.1, -0.05) is 31.2 Å². The number of nitrogens with zero attached hydrogens (tertiary/aromatic N) is 1. The molecule has 0 aliphatic carbocycles. The summed E-state index contributed by atoms with van der Waals surface area (Å²) in [6.07, 6.45) is 3.01. The molecule has 0 saturated heterocycles. The van der Waals surface area contributed by atoms with E-state index in [0.29, 0.717) is 6.54 Å². The monoisotopic (exact) mass is 292 g/mol. The van der Waals surface area contributed by atoms with Crippen LogP contribution in [0.4, 0.5) is 0 Å². The number of para-hydroxylation sites is 1. The number of benzene rings is 1. The fourth-order valence-corrected chi connectivity index (χ4v) is 3.11. The summed E-state index contributed by atoms with van der Waals surface area (Å²) in [4.78, 5) is 4.41. The highest BCUT2D eigenvalue weighted by molar-refractivity contribution is 7.91. The van der Waals surface area contributed by atoms with E-state index in [2.05, 4.69) is 10.3 Å². The van der Waals surface area contributed by atoms with Crippen LogP contribution in [0, 0.1) is 0 Å². The fourth-order valence-electron chi connectivity index (χ4n) is 2.37. The molecule has 2 atom stereocenters. The van der Waals surface area contributed by atoms with E-state index in [1.165, 1.54) is 6.26 Å². The average Bonchev–Trinajstić information content (AvgIpc) is 2.42. The molecule has 0 amide bonds. The summed E-state index contributed by atoms with van der Waals surface area (Å²) in [7, 11) is -3.13. The van der Waals surface area contributed by atoms with Crippen LogP contribution in [0.25, 0.3) is 10.9 Å². The molecule has 1 N–H and O–H groups in total. The van der Waals surface area contributed by atoms with Gasteiger partial charge in [-0.3, -0.25) is 4.98 Å². The number of pyridine rings is 1. The van der Waals surface area contributed by atoms with E-state index in [0.717, 1.165) is 16.5 Å². The molecule has 0 bridgehead atoms. The second-order valence-corrected chi connectivity index (χ2v) is 7.39. The maximum absolute atomic E-state index is 11.9. The van der Waals surface area contributed by atoms with Crippen LogP contribution in [-0.2, 0) is 9.84 Å². The van der Waals surface area contributed by atoms with Gasteiger partial charge in [-0.15, -0.1) is 0 Å². The van der Waals surface area contributed by atoms with E-state index in [1.54, 1.807) is 13.1 Å². The van der Waals surface area contributed by atoms with Gasteiger partial charge in [0, 0.05) is 17.8 Å². The Hall–Kier alpha value is -1.46. The van der Waals surface area contributed by atoms with Gasteiger partial charge in [-0.05, 0) is 25.1 Å². The Bertz CT molecular complexity index is 693. The van der Waals surface area contributed by atoms with E-state index >= 15 is 0 Å². The normalized spacial score (nSPS) is 15.2. The summed E-state index contributed by atoms with van der Waals surface area (Å²) in [5, 5.41) is 3.80. The molecule has 20 heavy (non-hydrogen) atoms. The van der Waals surface area contributed by atoms with Crippen molar-refractivity contribution in [2.75, 3.05) is 12.8 Å². The summed E-state index contributed by atoms with van der Waals surface area (Å²) < 4.78 is 23.8. The van der Waals surface area contributed by atoms with Gasteiger partial charge in [-0.25, -0.2) is 8.42 Å². The van der Waals surface area contributed by atoms with Crippen LogP contribution in [0.1, 0.15) is 25.5 Å². The SMILES string of the molecule is CCNC(c1cccc2cccnc12)C(C)S(C)(=O)=O. The number of hydrogen-bond donors (Lipinski definition) is 1. The summed E-state index contributed by atoms with van der Waals surface area (Å²) in [6, 6.07) is 9.49. The van der Waals surface area contributed by atoms with Crippen LogP contribution in [0.3, 0.4) is 0 Å². The first-order valence-electron chi connectivity index (χ1n) is 6.71. The molecule has 2 rings (SSSR count). The Balaban J connectivity index is 2.58. The largest absolute Gasteiger partial charge is 0.309 e. The van der Waals surface area contributed by atoms with Crippen LogP contribution in [0.5, 0.6) is 0 Å². The van der Waals surface area contributed by atoms with Crippen molar-refractivity contribution in [1.29, 1.82) is 0 Å². The predicted molar refractivity (Wildman–Crippen MR) is 82.5 cm³/mol. The van der Waals surface area contributed by atoms with Gasteiger partial charge in [0.25, 0.3) is 0 Å². The Morgan fingerprint density at radius 1 is 1.25 bits per heavy atom. The Morgan fingerprint density at radius 3 is 2.60 bits per heavy atom. The molecule has 5 heteroatoms. The molecule has 2 unspecified atom stereocenters. The quantitative estimate of drug-likeness (QED) is 0.919. The number of aromatic nitrogens is 1. The molecule has 0 radical (unpaired) electrons. The van der Waals surface area contributed by atoms with Crippen LogP contribution in [0.15, 0.2) is 36.5 Å². The smallest absolute Gasteiger partial charge is 0.151 e. The topological polar surface area (TPSA) is 59.1 Å². The van der Waals surface area contributed by atoms with E-state index < -0.39 is 15.1 Å². The molecule has 0 spiro atoms. The molecular weight excluding hydrogens is 272 g/mol. The standard InChI is InChI=1S/C15H20N2O2S/c1-4-16-14(11(2)20(3,18)19)13-9-5-7-12-8-6-10-17-15(12)13/h5-11,14,16H,4H2,1-3H3. The number of hydrogen-bond acceptors (Lipinski definition) is 4. The fraction of sp³-hybridized carbons (Fsp3) is 0.400. The first-order chi connectivity index (χ1) is 9.45. The van der Waals surface area contributed by atoms with Crippen LogP contribution >= 0.6 is 0 Å². The van der Waals surface area contributed by atoms with Gasteiger partial charge in [0.15, 0.2) is 9.84 Å². The first-order valence-corrected chi connectivity index (χ1v) is 8.66. The lowest BCUT2D eigenvalue weighted by atomic mass is 10.0. The van der Waals surface area contributed by atoms with Gasteiger partial charge < -0.3 is 5.32 Å². The van der Waals surface area contributed by atoms with Gasteiger partial charge >= 0.3 is 0 Å². The van der Waals surface area contributed by atoms with Crippen molar-refractivity contribution in [1.82, 2.24) is 10.3 Å². The van der Waals surface area contributed by atoms with Crippen LogP contribution in [-0.4, -0.2) is 31.5 Å². The van der Waals surface area contributed by atoms with Crippen molar-refractivity contribution in [3.8, 4) is 0 Å². The molecule has 4 nitrogen and oxygen atoms in total. The molecule has 0 aliphatic rings. The third-order valence-corrected chi connectivity index (χ3v) is 5.19. The van der Waals surface area contributed by atoms with Crippen molar-refractivity contribution >= 4 is 20.7 Å². The minimum Gasteiger partial charge on any atom is -0.309 e. The lowest BCUT2D eigenvalue weighted by Crippen LogP contribution is -2.35. The molecule has 1 aromatic heterocycles. The van der Waals surface area contributed by atoms with E-state index in [9.17, 15) is 8.42 Å². The maximum atomic E-state index is 11.9. The summed E-state index contributed by atoms with van der Waals surface area (Å²) in [5.74, 6) is 0. The Labute approximate surface area is 120 Å². The van der Waals surface area contributed by atoms with E-state index in [4.69, 9.17) is 0 Å². The van der Waals surface area contributed by atoms with Gasteiger partial charge in [-0.2, -0.15) is 0 Å². The average molecular weight is 292 g/mol. The molecule has 1 aromatic carbocycles. The molecule has 108 valence electrons. The second-order valence-electron chi connectivity index (χ2n) is 4.99. The molecular formula is C15H20N2O2S. The van der Waals surface area contributed by atoms with Crippen molar-refractivity contribution in [2.45, 2.75) is 25.1 Å². The van der Waals surface area contributed by atoms with Gasteiger partial charge in [0.05, 0.1) is 16.8 Å². The Kier molecular flexibility index (Phi) is 4.40. The van der Waals surface area contributed by atoms with Gasteiger partial charge in [0.2, 0.25) is 0 Å². The number of nitrogens with one attached hydrogen (secondary N) is 1. The second kappa shape index (κ2) is 5.89. The molecule has 0 saturated carbocycles. The highest BCUT2D eigenvalue weighted by atomic mass is 32.2. The minimum absolute atomic E-state index is 0.256. The van der Waals surface area contributed by atoms with Gasteiger partial charge in [0.1, 0.15) is 0 Å². The number of fused-ring (bicyclic) bond motifs is 1. The van der Waals surface area contributed by atoms with Crippen molar-refractivity contribution < 1.29 is 8.42 Å². The van der Waals surface area contributed by atoms with Crippen molar-refractivity contribution in [3.63, 3.8) is 0 Å². The van der Waals surface area contributed by atoms with Crippen molar-refractivity contribution in [3.05, 3.63) is 42.1 Å². The molecule has 1 heterocycles. The zero-order valence-corrected chi connectivity index (χ0v) is 12.8. The molecule has 0 fully saturated rings. The lowest BCUT2D eigenvalue weighted by Gasteiger charge is -2.24. The molecule has 2 aromatic rings. The number of sulfone groups is 1. The third kappa shape index (κ3) is 2.99. The predicted octanol–water partition coefficient (Wildman–Crippen LogP) is 2.32. The zero-order chi connectivity index (χ0) is 14.8. The van der Waals surface area contributed by atoms with E-state index in [1.807, 2.05) is 37.3 Å². The lowest BCUT2D eigenvalue weighted by molar-refractivity contribution is 0.515. The third-order valence-electron chi connectivity index (χ3n) is 3.57. The summed E-state index contributed by atoms with van der Waals surface area (Å²) in [5.41, 5.74) is 1.79. The highest BCUT2D eigenvalue weighted by Gasteiger charge is 2.28. The molecule has 0 aliphatic heterocycles.